The first-order chi connectivity index (χ1) is 23.4. The van der Waals surface area contributed by atoms with Gasteiger partial charge in [-0.3, -0.25) is 9.59 Å². The molecule has 3 atom stereocenters. The number of para-hydroxylation sites is 2. The Morgan fingerprint density at radius 3 is 2.43 bits per heavy atom. The predicted octanol–water partition coefficient (Wildman–Crippen LogP) is 3.24. The zero-order valence-electron chi connectivity index (χ0n) is 27.4. The SMILES string of the molecule is Cc1cc(C)c(S(=O)(=O)N[C@@H](CNC(=O)CO[C@@H]2C[C@@H](CNc3nc4ccccc4[nH]3)N(C(=O)OCc3ccccc3)C2)C(=O)O)c(C)c1. The topological polar surface area (TPSA) is 192 Å². The average molecular weight is 693 g/mol. The minimum Gasteiger partial charge on any atom is -0.480 e. The smallest absolute Gasteiger partial charge is 0.410 e. The van der Waals surface area contributed by atoms with Gasteiger partial charge in [-0.05, 0) is 56.0 Å². The molecule has 1 aromatic heterocycles. The highest BCUT2D eigenvalue weighted by molar-refractivity contribution is 7.89. The van der Waals surface area contributed by atoms with Crippen LogP contribution in [0.1, 0.15) is 28.7 Å². The van der Waals surface area contributed by atoms with Gasteiger partial charge in [0.25, 0.3) is 0 Å². The van der Waals surface area contributed by atoms with Crippen molar-refractivity contribution < 1.29 is 37.4 Å². The van der Waals surface area contributed by atoms with Gasteiger partial charge in [-0.15, -0.1) is 0 Å². The van der Waals surface area contributed by atoms with Gasteiger partial charge in [0, 0.05) is 13.1 Å². The number of carbonyl (C=O) groups is 3. The lowest BCUT2D eigenvalue weighted by Crippen LogP contribution is -2.49. The van der Waals surface area contributed by atoms with Crippen molar-refractivity contribution in [3.05, 3.63) is 89.0 Å². The van der Waals surface area contributed by atoms with Crippen LogP contribution in [0.15, 0.2) is 71.6 Å². The van der Waals surface area contributed by atoms with Crippen molar-refractivity contribution in [1.29, 1.82) is 0 Å². The van der Waals surface area contributed by atoms with E-state index in [1.165, 1.54) is 0 Å². The average Bonchev–Trinajstić information content (AvgIpc) is 3.67. The standard InChI is InChI=1S/C34H40N6O8S/c1-21-13-22(2)31(23(3)14-21)49(45,46)39-29(32(42)43)17-35-30(41)20-47-26-15-25(16-36-33-37-27-11-7-8-12-28(27)38-33)40(18-26)34(44)48-19-24-9-5-4-6-10-24/h4-14,25-26,29,39H,15-20H2,1-3H3,(H,35,41)(H,42,43)(H2,36,37,38)/t25-,26+,29-/m0/s1. The van der Waals surface area contributed by atoms with Gasteiger partial charge in [0.1, 0.15) is 19.3 Å². The Morgan fingerprint density at radius 2 is 1.73 bits per heavy atom. The Hall–Kier alpha value is -4.99. The molecule has 0 unspecified atom stereocenters. The Labute approximate surface area is 284 Å². The lowest BCUT2D eigenvalue weighted by atomic mass is 10.1. The number of fused-ring (bicyclic) bond motifs is 1. The number of aryl methyl sites for hydroxylation is 3. The number of hydrogen-bond acceptors (Lipinski definition) is 9. The van der Waals surface area contributed by atoms with E-state index in [2.05, 4.69) is 25.3 Å². The van der Waals surface area contributed by atoms with Crippen LogP contribution in [0.2, 0.25) is 0 Å². The normalized spacial score (nSPS) is 16.8. The Morgan fingerprint density at radius 1 is 1.04 bits per heavy atom. The van der Waals surface area contributed by atoms with Crippen molar-refractivity contribution in [1.82, 2.24) is 24.9 Å². The fraction of sp³-hybridized carbons (Fsp3) is 0.353. The molecule has 0 spiro atoms. The fourth-order valence-corrected chi connectivity index (χ4v) is 7.58. The summed E-state index contributed by atoms with van der Waals surface area (Å²) in [5.74, 6) is -1.55. The first kappa shape index (κ1) is 35.3. The zero-order valence-corrected chi connectivity index (χ0v) is 28.2. The molecule has 3 aromatic carbocycles. The van der Waals surface area contributed by atoms with Crippen LogP contribution < -0.4 is 15.4 Å². The van der Waals surface area contributed by atoms with Crippen LogP contribution in [0.25, 0.3) is 11.0 Å². The maximum absolute atomic E-state index is 13.2. The third-order valence-corrected chi connectivity index (χ3v) is 9.91. The number of nitrogens with zero attached hydrogens (tertiary/aromatic N) is 2. The molecule has 49 heavy (non-hydrogen) atoms. The summed E-state index contributed by atoms with van der Waals surface area (Å²) < 4.78 is 39.8. The van der Waals surface area contributed by atoms with Crippen molar-refractivity contribution in [2.75, 3.05) is 31.6 Å². The molecule has 1 saturated heterocycles. The summed E-state index contributed by atoms with van der Waals surface area (Å²) in [7, 11) is -4.21. The molecule has 14 nitrogen and oxygen atoms in total. The molecule has 2 amide bonds. The van der Waals surface area contributed by atoms with Gasteiger partial charge < -0.3 is 35.1 Å². The van der Waals surface area contributed by atoms with E-state index in [9.17, 15) is 27.9 Å². The summed E-state index contributed by atoms with van der Waals surface area (Å²) in [6.07, 6.45) is -0.682. The Balaban J connectivity index is 1.17. The molecule has 5 rings (SSSR count). The van der Waals surface area contributed by atoms with Crippen LogP contribution in [-0.4, -0.2) is 90.8 Å². The first-order valence-corrected chi connectivity index (χ1v) is 17.2. The van der Waals surface area contributed by atoms with Crippen LogP contribution in [0.5, 0.6) is 0 Å². The van der Waals surface area contributed by atoms with Crippen LogP contribution >= 0.6 is 0 Å². The van der Waals surface area contributed by atoms with Crippen LogP contribution in [0.3, 0.4) is 0 Å². The number of nitrogens with one attached hydrogen (secondary N) is 4. The highest BCUT2D eigenvalue weighted by Gasteiger charge is 2.37. The molecular formula is C34H40N6O8S. The van der Waals surface area contributed by atoms with Gasteiger partial charge in [-0.2, -0.15) is 4.72 Å². The molecule has 1 aliphatic rings. The summed E-state index contributed by atoms with van der Waals surface area (Å²) in [5, 5.41) is 15.4. The number of anilines is 1. The molecule has 0 bridgehead atoms. The molecule has 4 aromatic rings. The van der Waals surface area contributed by atoms with E-state index in [1.54, 1.807) is 30.9 Å². The molecule has 0 aliphatic carbocycles. The third kappa shape index (κ3) is 9.13. The molecule has 1 aliphatic heterocycles. The molecule has 0 radical (unpaired) electrons. The molecule has 260 valence electrons. The number of rotatable bonds is 14. The minimum atomic E-state index is -4.21. The number of benzene rings is 3. The van der Waals surface area contributed by atoms with Crippen molar-refractivity contribution in [2.24, 2.45) is 0 Å². The Kier molecular flexibility index (Phi) is 11.2. The number of carboxylic acid groups (broad SMARTS) is 1. The summed E-state index contributed by atoms with van der Waals surface area (Å²) in [6, 6.07) is 18.3. The van der Waals surface area contributed by atoms with E-state index in [0.29, 0.717) is 30.0 Å². The molecule has 0 saturated carbocycles. The number of sulfonamides is 1. The number of aromatic nitrogens is 2. The number of ether oxygens (including phenoxy) is 2. The van der Waals surface area contributed by atoms with Crippen molar-refractivity contribution in [3.63, 3.8) is 0 Å². The summed E-state index contributed by atoms with van der Waals surface area (Å²) >= 11 is 0. The molecule has 15 heteroatoms. The second-order valence-corrected chi connectivity index (χ2v) is 13.7. The highest BCUT2D eigenvalue weighted by atomic mass is 32.2. The zero-order chi connectivity index (χ0) is 35.1. The number of carboxylic acids is 1. The number of imidazole rings is 1. The van der Waals surface area contributed by atoms with E-state index < -0.39 is 53.3 Å². The number of likely N-dealkylation sites (tertiary alicyclic amines) is 1. The van der Waals surface area contributed by atoms with E-state index in [-0.39, 0.29) is 24.1 Å². The van der Waals surface area contributed by atoms with Gasteiger partial charge in [-0.1, -0.05) is 60.2 Å². The number of amides is 2. The highest BCUT2D eigenvalue weighted by Crippen LogP contribution is 2.24. The number of aromatic amines is 1. The maximum atomic E-state index is 13.2. The summed E-state index contributed by atoms with van der Waals surface area (Å²) in [4.78, 5) is 47.1. The quantitative estimate of drug-likeness (QED) is 0.131. The molecular weight excluding hydrogens is 652 g/mol. The van der Waals surface area contributed by atoms with Crippen molar-refractivity contribution >= 4 is 45.0 Å². The van der Waals surface area contributed by atoms with E-state index in [4.69, 9.17) is 9.47 Å². The predicted molar refractivity (Wildman–Crippen MR) is 181 cm³/mol. The molecule has 5 N–H and O–H groups in total. The van der Waals surface area contributed by atoms with Crippen LogP contribution in [-0.2, 0) is 35.7 Å². The van der Waals surface area contributed by atoms with Gasteiger partial charge in [0.05, 0.1) is 34.6 Å². The molecule has 2 heterocycles. The van der Waals surface area contributed by atoms with Crippen molar-refractivity contribution in [3.8, 4) is 0 Å². The van der Waals surface area contributed by atoms with E-state index >= 15 is 0 Å². The molecule has 1 fully saturated rings. The van der Waals surface area contributed by atoms with Crippen molar-refractivity contribution in [2.45, 2.75) is 56.9 Å². The second-order valence-electron chi connectivity index (χ2n) is 12.0. The maximum Gasteiger partial charge on any atom is 0.410 e. The number of carbonyl (C=O) groups excluding carboxylic acids is 2. The number of hydrogen-bond donors (Lipinski definition) is 5. The third-order valence-electron chi connectivity index (χ3n) is 8.13. The number of H-pyrrole nitrogens is 1. The van der Waals surface area contributed by atoms with Gasteiger partial charge in [0.2, 0.25) is 21.9 Å². The lowest BCUT2D eigenvalue weighted by Gasteiger charge is -2.24. The van der Waals surface area contributed by atoms with E-state index in [0.717, 1.165) is 22.2 Å². The Bertz CT molecular complexity index is 1860. The monoisotopic (exact) mass is 692 g/mol. The van der Waals surface area contributed by atoms with Gasteiger partial charge >= 0.3 is 12.1 Å². The minimum absolute atomic E-state index is 0.00328. The van der Waals surface area contributed by atoms with Crippen LogP contribution in [0, 0.1) is 20.8 Å². The summed E-state index contributed by atoms with van der Waals surface area (Å²) in [5.41, 5.74) is 4.32. The van der Waals surface area contributed by atoms with E-state index in [1.807, 2.05) is 61.5 Å². The second kappa shape index (κ2) is 15.5. The fourth-order valence-electron chi connectivity index (χ4n) is 5.94. The van der Waals surface area contributed by atoms with Gasteiger partial charge in [-0.25, -0.2) is 18.2 Å². The largest absolute Gasteiger partial charge is 0.480 e. The van der Waals surface area contributed by atoms with Crippen LogP contribution in [0.4, 0.5) is 10.7 Å². The summed E-state index contributed by atoms with van der Waals surface area (Å²) in [6.45, 7) is 4.73. The van der Waals surface area contributed by atoms with Gasteiger partial charge in [0.15, 0.2) is 0 Å². The first-order valence-electron chi connectivity index (χ1n) is 15.8. The number of aliphatic carboxylic acids is 1. The lowest BCUT2D eigenvalue weighted by molar-refractivity contribution is -0.139.